The molecule has 0 amide bonds. The zero-order valence-electron chi connectivity index (χ0n) is 15.7. The lowest BCUT2D eigenvalue weighted by atomic mass is 9.83. The standard InChI is InChI=1S/C21H32NO3/c1-21-18-8-9-19(21)20(25-16-24-13-12-23-2)15-22(21,11-10-18)14-17-6-4-3-5-7-17/h3-7,18-20H,8-16H2,1-2H3/q+1/t18-,19+,20+,21+,22+/m0/s1. The van der Waals surface area contributed by atoms with E-state index in [9.17, 15) is 0 Å². The molecule has 1 aromatic carbocycles. The number of benzene rings is 1. The van der Waals surface area contributed by atoms with E-state index in [1.807, 2.05) is 0 Å². The van der Waals surface area contributed by atoms with E-state index < -0.39 is 0 Å². The molecule has 0 spiro atoms. The Morgan fingerprint density at radius 2 is 1.96 bits per heavy atom. The first-order valence-corrected chi connectivity index (χ1v) is 9.78. The van der Waals surface area contributed by atoms with Crippen LogP contribution in [0.25, 0.3) is 0 Å². The van der Waals surface area contributed by atoms with E-state index in [0.717, 1.165) is 19.0 Å². The average Bonchev–Trinajstić information content (AvgIpc) is 3.18. The third-order valence-electron chi connectivity index (χ3n) is 7.43. The maximum Gasteiger partial charge on any atom is 0.147 e. The summed E-state index contributed by atoms with van der Waals surface area (Å²) < 4.78 is 18.1. The summed E-state index contributed by atoms with van der Waals surface area (Å²) in [5, 5.41) is 0. The first-order chi connectivity index (χ1) is 12.2. The van der Waals surface area contributed by atoms with Crippen LogP contribution >= 0.6 is 0 Å². The molecule has 4 nitrogen and oxygen atoms in total. The number of nitrogens with zero attached hydrogens (tertiary/aromatic N) is 1. The monoisotopic (exact) mass is 346 g/mol. The van der Waals surface area contributed by atoms with Crippen molar-refractivity contribution in [3.05, 3.63) is 35.9 Å². The smallest absolute Gasteiger partial charge is 0.147 e. The molecule has 4 heteroatoms. The summed E-state index contributed by atoms with van der Waals surface area (Å²) >= 11 is 0. The van der Waals surface area contributed by atoms with Crippen LogP contribution < -0.4 is 0 Å². The minimum atomic E-state index is 0.335. The minimum absolute atomic E-state index is 0.335. The van der Waals surface area contributed by atoms with Gasteiger partial charge in [0.25, 0.3) is 0 Å². The molecule has 5 atom stereocenters. The van der Waals surface area contributed by atoms with Gasteiger partial charge in [-0.15, -0.1) is 0 Å². The van der Waals surface area contributed by atoms with Crippen molar-refractivity contribution < 1.29 is 18.7 Å². The van der Waals surface area contributed by atoms with Crippen LogP contribution in [0.5, 0.6) is 0 Å². The van der Waals surface area contributed by atoms with Crippen LogP contribution in [-0.4, -0.2) is 56.3 Å². The molecule has 3 fully saturated rings. The second-order valence-corrected chi connectivity index (χ2v) is 8.31. The Labute approximate surface area is 151 Å². The zero-order chi connectivity index (χ0) is 17.3. The van der Waals surface area contributed by atoms with Crippen molar-refractivity contribution in [3.8, 4) is 0 Å². The van der Waals surface area contributed by atoms with Gasteiger partial charge in [0.15, 0.2) is 0 Å². The molecule has 3 aliphatic rings. The quantitative estimate of drug-likeness (QED) is 0.411. The Morgan fingerprint density at radius 3 is 2.76 bits per heavy atom. The van der Waals surface area contributed by atoms with Crippen LogP contribution in [0.1, 0.15) is 31.7 Å². The molecule has 1 saturated carbocycles. The van der Waals surface area contributed by atoms with Gasteiger partial charge in [-0.3, -0.25) is 0 Å². The second kappa shape index (κ2) is 6.99. The largest absolute Gasteiger partial charge is 0.382 e. The van der Waals surface area contributed by atoms with Crippen LogP contribution in [0.3, 0.4) is 0 Å². The van der Waals surface area contributed by atoms with E-state index in [4.69, 9.17) is 14.2 Å². The molecule has 1 aliphatic carbocycles. The molecular weight excluding hydrogens is 314 g/mol. The van der Waals surface area contributed by atoms with Crippen LogP contribution in [-0.2, 0) is 20.8 Å². The Bertz CT molecular complexity index is 580. The number of hydrogen-bond donors (Lipinski definition) is 0. The Balaban J connectivity index is 1.49. The molecule has 2 saturated heterocycles. The lowest BCUT2D eigenvalue weighted by molar-refractivity contribution is -0.966. The minimum Gasteiger partial charge on any atom is -0.382 e. The third kappa shape index (κ3) is 2.84. The fraction of sp³-hybridized carbons (Fsp3) is 0.714. The number of rotatable bonds is 8. The van der Waals surface area contributed by atoms with E-state index in [1.165, 1.54) is 35.9 Å². The maximum absolute atomic E-state index is 6.25. The first kappa shape index (κ1) is 17.5. The topological polar surface area (TPSA) is 27.7 Å². The van der Waals surface area contributed by atoms with E-state index in [0.29, 0.717) is 37.6 Å². The molecule has 2 heterocycles. The molecular formula is C21H32NO3+. The van der Waals surface area contributed by atoms with E-state index in [1.54, 1.807) is 7.11 Å². The highest BCUT2D eigenvalue weighted by Gasteiger charge is 2.71. The van der Waals surface area contributed by atoms with Gasteiger partial charge in [0.2, 0.25) is 0 Å². The molecule has 138 valence electrons. The first-order valence-electron chi connectivity index (χ1n) is 9.78. The summed E-state index contributed by atoms with van der Waals surface area (Å²) in [5.74, 6) is 1.54. The molecule has 4 rings (SSSR count). The normalized spacial score (nSPS) is 39.0. The van der Waals surface area contributed by atoms with Crippen molar-refractivity contribution in [2.24, 2.45) is 11.8 Å². The SMILES string of the molecule is COCCOCO[C@@H]1C[N@+]2(Cc3ccccc3)CC[C@@H]3CC[C@H]1[C@@]32C. The molecule has 0 bridgehead atoms. The van der Waals surface area contributed by atoms with Crippen molar-refractivity contribution >= 4 is 0 Å². The van der Waals surface area contributed by atoms with Gasteiger partial charge in [0.05, 0.1) is 19.8 Å². The summed E-state index contributed by atoms with van der Waals surface area (Å²) in [4.78, 5) is 0. The van der Waals surface area contributed by atoms with E-state index in [2.05, 4.69) is 37.3 Å². The van der Waals surface area contributed by atoms with Crippen molar-refractivity contribution in [2.75, 3.05) is 40.2 Å². The Hall–Kier alpha value is -0.940. The number of methoxy groups -OCH3 is 1. The summed E-state index contributed by atoms with van der Waals surface area (Å²) in [7, 11) is 1.70. The Morgan fingerprint density at radius 1 is 1.12 bits per heavy atom. The van der Waals surface area contributed by atoms with E-state index >= 15 is 0 Å². The maximum atomic E-state index is 6.25. The van der Waals surface area contributed by atoms with Crippen LogP contribution in [0.15, 0.2) is 30.3 Å². The Kier molecular flexibility index (Phi) is 4.89. The van der Waals surface area contributed by atoms with Crippen molar-refractivity contribution in [1.29, 1.82) is 0 Å². The van der Waals surface area contributed by atoms with Gasteiger partial charge in [0, 0.05) is 30.9 Å². The predicted molar refractivity (Wildman–Crippen MR) is 96.9 cm³/mol. The van der Waals surface area contributed by atoms with E-state index in [-0.39, 0.29) is 0 Å². The number of ether oxygens (including phenoxy) is 3. The van der Waals surface area contributed by atoms with Gasteiger partial charge in [-0.2, -0.15) is 0 Å². The summed E-state index contributed by atoms with van der Waals surface area (Å²) in [6, 6.07) is 11.0. The average molecular weight is 346 g/mol. The lowest BCUT2D eigenvalue weighted by Crippen LogP contribution is -2.57. The van der Waals surface area contributed by atoms with Crippen molar-refractivity contribution in [3.63, 3.8) is 0 Å². The molecule has 1 aromatic rings. The number of quaternary nitrogens is 1. The summed E-state index contributed by atoms with van der Waals surface area (Å²) in [6.07, 6.45) is 4.41. The van der Waals surface area contributed by atoms with Crippen LogP contribution in [0, 0.1) is 11.8 Å². The molecule has 0 unspecified atom stereocenters. The predicted octanol–water partition coefficient (Wildman–Crippen LogP) is 3.21. The van der Waals surface area contributed by atoms with Crippen LogP contribution in [0.2, 0.25) is 0 Å². The second-order valence-electron chi connectivity index (χ2n) is 8.31. The van der Waals surface area contributed by atoms with Gasteiger partial charge in [0.1, 0.15) is 31.5 Å². The molecule has 2 aliphatic heterocycles. The molecule has 25 heavy (non-hydrogen) atoms. The molecule has 0 radical (unpaired) electrons. The number of hydrogen-bond acceptors (Lipinski definition) is 3. The van der Waals surface area contributed by atoms with Crippen molar-refractivity contribution in [1.82, 2.24) is 0 Å². The van der Waals surface area contributed by atoms with Crippen LogP contribution in [0.4, 0.5) is 0 Å². The summed E-state index contributed by atoms with van der Waals surface area (Å²) in [5.41, 5.74) is 1.85. The lowest BCUT2D eigenvalue weighted by Gasteiger charge is -2.43. The molecule has 0 N–H and O–H groups in total. The van der Waals surface area contributed by atoms with Gasteiger partial charge in [-0.1, -0.05) is 30.3 Å². The highest BCUT2D eigenvalue weighted by Crippen LogP contribution is 2.61. The van der Waals surface area contributed by atoms with Gasteiger partial charge < -0.3 is 18.7 Å². The third-order valence-corrected chi connectivity index (χ3v) is 7.43. The molecule has 0 aromatic heterocycles. The van der Waals surface area contributed by atoms with Gasteiger partial charge in [-0.05, 0) is 19.8 Å². The van der Waals surface area contributed by atoms with Gasteiger partial charge >= 0.3 is 0 Å². The van der Waals surface area contributed by atoms with Crippen molar-refractivity contribution in [2.45, 2.75) is 44.4 Å². The highest BCUT2D eigenvalue weighted by atomic mass is 16.7. The van der Waals surface area contributed by atoms with Gasteiger partial charge in [-0.25, -0.2) is 0 Å². The highest BCUT2D eigenvalue weighted by molar-refractivity contribution is 5.16. The fourth-order valence-electron chi connectivity index (χ4n) is 6.16. The fourth-order valence-corrected chi connectivity index (χ4v) is 6.16. The zero-order valence-corrected chi connectivity index (χ0v) is 15.7. The summed E-state index contributed by atoms with van der Waals surface area (Å²) in [6.45, 7) is 7.78.